The van der Waals surface area contributed by atoms with Crippen LogP contribution in [0.4, 0.5) is 28.4 Å². The second-order valence-electron chi connectivity index (χ2n) is 20.0. The van der Waals surface area contributed by atoms with Crippen molar-refractivity contribution in [2.45, 2.75) is 147 Å². The third-order valence-corrected chi connectivity index (χ3v) is 14.2. The van der Waals surface area contributed by atoms with E-state index < -0.39 is 0 Å². The number of anilines is 5. The van der Waals surface area contributed by atoms with Gasteiger partial charge in [0.15, 0.2) is 5.58 Å². The van der Waals surface area contributed by atoms with Gasteiger partial charge in [-0.15, -0.1) is 0 Å². The molecule has 0 saturated heterocycles. The summed E-state index contributed by atoms with van der Waals surface area (Å²) in [6, 6.07) is 39.5. The molecule has 0 unspecified atom stereocenters. The summed E-state index contributed by atoms with van der Waals surface area (Å²) in [5.41, 5.74) is 13.7. The van der Waals surface area contributed by atoms with E-state index in [1.165, 1.54) is 86.7 Å². The molecule has 2 fully saturated rings. The maximum atomic E-state index is 6.78. The maximum Gasteiger partial charge on any atom is 0.159 e. The van der Waals surface area contributed by atoms with Crippen molar-refractivity contribution in [1.29, 1.82) is 0 Å². The molecule has 290 valence electrons. The van der Waals surface area contributed by atoms with E-state index in [1.807, 2.05) is 0 Å². The lowest BCUT2D eigenvalue weighted by Gasteiger charge is -2.49. The summed E-state index contributed by atoms with van der Waals surface area (Å²) in [6.07, 6.45) is 13.2. The van der Waals surface area contributed by atoms with Crippen LogP contribution in [-0.4, -0.2) is 5.54 Å². The van der Waals surface area contributed by atoms with Gasteiger partial charge >= 0.3 is 0 Å². The molecule has 0 atom stereocenters. The largest absolute Gasteiger partial charge is 0.454 e. The Labute approximate surface area is 336 Å². The Morgan fingerprint density at radius 3 is 2.02 bits per heavy atom. The Morgan fingerprint density at radius 1 is 0.625 bits per heavy atom. The standard InChI is InChI=1S/C53H62N2O/c1-50(2,3)38-25-27-40(28-26-38)54(47-22-17-21-44-43-20-13-14-23-48(43)56-49(44)47)41-33-39(51(4,5)6)34-42(35-41)55-46-29-24-37(36-18-11-9-12-19-36)32-45(46)53(52(55,7)8)30-15-10-16-31-53/h13-14,17,20-29,32-36H,9-12,15-16,18-19,30-31H2,1-8H3. The Morgan fingerprint density at radius 2 is 1.30 bits per heavy atom. The van der Waals surface area contributed by atoms with E-state index in [-0.39, 0.29) is 21.8 Å². The van der Waals surface area contributed by atoms with Gasteiger partial charge in [0, 0.05) is 44.5 Å². The van der Waals surface area contributed by atoms with Gasteiger partial charge in [-0.3, -0.25) is 0 Å². The minimum absolute atomic E-state index is 0.0576. The molecule has 0 radical (unpaired) electrons. The minimum atomic E-state index is -0.105. The number of furan rings is 1. The highest BCUT2D eigenvalue weighted by atomic mass is 16.3. The van der Waals surface area contributed by atoms with E-state index in [2.05, 4.69) is 168 Å². The summed E-state index contributed by atoms with van der Waals surface area (Å²) in [4.78, 5) is 5.22. The highest BCUT2D eigenvalue weighted by molar-refractivity contribution is 6.10. The molecule has 5 aromatic carbocycles. The van der Waals surface area contributed by atoms with Gasteiger partial charge in [0.25, 0.3) is 0 Å². The van der Waals surface area contributed by atoms with E-state index in [9.17, 15) is 0 Å². The molecule has 2 heterocycles. The van der Waals surface area contributed by atoms with Gasteiger partial charge in [-0.2, -0.15) is 0 Å². The molecule has 0 amide bonds. The quantitative estimate of drug-likeness (QED) is 0.175. The smallest absolute Gasteiger partial charge is 0.159 e. The molecule has 1 aromatic heterocycles. The number of hydrogen-bond acceptors (Lipinski definition) is 3. The van der Waals surface area contributed by atoms with Crippen LogP contribution in [0.2, 0.25) is 0 Å². The molecule has 2 saturated carbocycles. The average Bonchev–Trinajstić information content (AvgIpc) is 3.65. The first kappa shape index (κ1) is 37.1. The van der Waals surface area contributed by atoms with Crippen LogP contribution in [0.5, 0.6) is 0 Å². The van der Waals surface area contributed by atoms with Crippen LogP contribution in [0.3, 0.4) is 0 Å². The van der Waals surface area contributed by atoms with Gasteiger partial charge in [-0.1, -0.05) is 135 Å². The van der Waals surface area contributed by atoms with Crippen LogP contribution in [0, 0.1) is 0 Å². The monoisotopic (exact) mass is 742 g/mol. The summed E-state index contributed by atoms with van der Waals surface area (Å²) < 4.78 is 6.78. The lowest BCUT2D eigenvalue weighted by molar-refractivity contribution is 0.199. The summed E-state index contributed by atoms with van der Waals surface area (Å²) in [5.74, 6) is 0.696. The fourth-order valence-electron chi connectivity index (χ4n) is 10.9. The fourth-order valence-corrected chi connectivity index (χ4v) is 10.9. The topological polar surface area (TPSA) is 19.6 Å². The van der Waals surface area contributed by atoms with Gasteiger partial charge in [-0.05, 0) is 127 Å². The molecule has 0 bridgehead atoms. The van der Waals surface area contributed by atoms with Gasteiger partial charge in [0.2, 0.25) is 0 Å². The molecule has 2 aliphatic carbocycles. The zero-order valence-electron chi connectivity index (χ0n) is 35.3. The van der Waals surface area contributed by atoms with E-state index in [1.54, 1.807) is 11.1 Å². The number of hydrogen-bond donors (Lipinski definition) is 0. The third-order valence-electron chi connectivity index (χ3n) is 14.2. The summed E-state index contributed by atoms with van der Waals surface area (Å²) in [7, 11) is 0. The van der Waals surface area contributed by atoms with E-state index in [0.29, 0.717) is 5.92 Å². The normalized spacial score (nSPS) is 18.5. The molecule has 3 aliphatic rings. The Balaban J connectivity index is 1.27. The average molecular weight is 743 g/mol. The van der Waals surface area contributed by atoms with E-state index in [0.717, 1.165) is 39.0 Å². The van der Waals surface area contributed by atoms with Crippen LogP contribution in [0.15, 0.2) is 108 Å². The minimum Gasteiger partial charge on any atom is -0.454 e. The molecular formula is C53H62N2O. The van der Waals surface area contributed by atoms with Crippen LogP contribution in [0.1, 0.15) is 148 Å². The fraction of sp³-hybridized carbons (Fsp3) is 0.434. The first-order valence-electron chi connectivity index (χ1n) is 21.7. The number of rotatable bonds is 5. The first-order chi connectivity index (χ1) is 26.8. The van der Waals surface area contributed by atoms with Gasteiger partial charge in [0.1, 0.15) is 5.58 Å². The van der Waals surface area contributed by atoms with Crippen LogP contribution in [0.25, 0.3) is 21.9 Å². The molecule has 9 rings (SSSR count). The molecular weight excluding hydrogens is 681 g/mol. The zero-order valence-corrected chi connectivity index (χ0v) is 35.3. The zero-order chi connectivity index (χ0) is 39.0. The highest BCUT2D eigenvalue weighted by Gasteiger charge is 2.57. The van der Waals surface area contributed by atoms with Crippen molar-refractivity contribution in [3.8, 4) is 0 Å². The molecule has 3 nitrogen and oxygen atoms in total. The molecule has 56 heavy (non-hydrogen) atoms. The van der Waals surface area contributed by atoms with E-state index in [4.69, 9.17) is 4.42 Å². The SMILES string of the molecule is CC(C)(C)c1ccc(N(c2cc(N3c4ccc(C5CCCCC5)cc4C4(CCCCC4)C3(C)C)cc(C(C)(C)C)c2)c2cccc3c2oc2ccccc23)cc1. The second-order valence-corrected chi connectivity index (χ2v) is 20.0. The second kappa shape index (κ2) is 13.6. The number of nitrogens with zero attached hydrogens (tertiary/aromatic N) is 2. The summed E-state index contributed by atoms with van der Waals surface area (Å²) >= 11 is 0. The lowest BCUT2D eigenvalue weighted by Crippen LogP contribution is -2.53. The lowest BCUT2D eigenvalue weighted by atomic mass is 9.61. The molecule has 6 aromatic rings. The molecule has 0 N–H and O–H groups in total. The van der Waals surface area contributed by atoms with Crippen molar-refractivity contribution in [2.24, 2.45) is 0 Å². The number of fused-ring (bicyclic) bond motifs is 5. The van der Waals surface area contributed by atoms with Gasteiger partial charge < -0.3 is 14.2 Å². The van der Waals surface area contributed by atoms with Crippen molar-refractivity contribution >= 4 is 50.4 Å². The van der Waals surface area contributed by atoms with Crippen molar-refractivity contribution in [3.63, 3.8) is 0 Å². The Kier molecular flexibility index (Phi) is 8.99. The predicted molar refractivity (Wildman–Crippen MR) is 239 cm³/mol. The maximum absolute atomic E-state index is 6.78. The molecule has 3 heteroatoms. The third kappa shape index (κ3) is 6.07. The van der Waals surface area contributed by atoms with Crippen LogP contribution >= 0.6 is 0 Å². The van der Waals surface area contributed by atoms with Crippen molar-refractivity contribution < 1.29 is 4.42 Å². The highest BCUT2D eigenvalue weighted by Crippen LogP contribution is 2.61. The van der Waals surface area contributed by atoms with Crippen LogP contribution in [-0.2, 0) is 16.2 Å². The van der Waals surface area contributed by atoms with Gasteiger partial charge in [0.05, 0.1) is 5.69 Å². The predicted octanol–water partition coefficient (Wildman–Crippen LogP) is 15.8. The number of para-hydroxylation sites is 2. The Hall–Kier alpha value is -4.50. The van der Waals surface area contributed by atoms with E-state index >= 15 is 0 Å². The number of benzene rings is 5. The van der Waals surface area contributed by atoms with Crippen LogP contribution < -0.4 is 9.80 Å². The van der Waals surface area contributed by atoms with Crippen molar-refractivity contribution in [3.05, 3.63) is 125 Å². The molecule has 1 aliphatic heterocycles. The van der Waals surface area contributed by atoms with Gasteiger partial charge in [-0.25, -0.2) is 0 Å². The first-order valence-corrected chi connectivity index (χ1v) is 21.7. The van der Waals surface area contributed by atoms with Crippen molar-refractivity contribution in [1.82, 2.24) is 0 Å². The van der Waals surface area contributed by atoms with Crippen molar-refractivity contribution in [2.75, 3.05) is 9.80 Å². The Bertz CT molecular complexity index is 2390. The summed E-state index contributed by atoms with van der Waals surface area (Å²) in [6.45, 7) is 19.1. The summed E-state index contributed by atoms with van der Waals surface area (Å²) in [5, 5.41) is 2.29. The molecule has 1 spiro atoms.